The van der Waals surface area contributed by atoms with E-state index in [4.69, 9.17) is 15.2 Å². The Bertz CT molecular complexity index is 683. The van der Waals surface area contributed by atoms with Crippen molar-refractivity contribution in [1.82, 2.24) is 0 Å². The number of fused-ring (bicyclic) bond motifs is 2. The lowest BCUT2D eigenvalue weighted by atomic mass is 9.74. The summed E-state index contributed by atoms with van der Waals surface area (Å²) in [7, 11) is 0. The molecule has 108 valence electrons. The lowest BCUT2D eigenvalue weighted by molar-refractivity contribution is 0.171. The summed E-state index contributed by atoms with van der Waals surface area (Å²) in [6, 6.07) is 14.7. The number of benzene rings is 2. The highest BCUT2D eigenvalue weighted by Gasteiger charge is 2.33. The normalized spacial score (nSPS) is 23.5. The van der Waals surface area contributed by atoms with Gasteiger partial charge >= 0.3 is 0 Å². The first-order chi connectivity index (χ1) is 10.2. The van der Waals surface area contributed by atoms with Gasteiger partial charge in [0, 0.05) is 5.54 Å². The third-order valence-electron chi connectivity index (χ3n) is 4.58. The van der Waals surface area contributed by atoms with E-state index in [1.807, 2.05) is 6.07 Å². The fraction of sp³-hybridized carbons (Fsp3) is 0.333. The molecular weight excluding hydrogens is 262 g/mol. The van der Waals surface area contributed by atoms with Gasteiger partial charge in [-0.2, -0.15) is 0 Å². The summed E-state index contributed by atoms with van der Waals surface area (Å²) in [6.07, 6.45) is 2.87. The van der Waals surface area contributed by atoms with E-state index in [-0.39, 0.29) is 5.54 Å². The molecule has 0 amide bonds. The number of aryl methyl sites for hydroxylation is 1. The number of rotatable bonds is 1. The standard InChI is InChI=1S/C18H19NO2/c19-18(8-7-13-3-1-2-4-14(13)12-18)15-5-6-16-17(11-15)21-10-9-20-16/h1-6,11H,7-10,12,19H2. The van der Waals surface area contributed by atoms with E-state index >= 15 is 0 Å². The first-order valence-electron chi connectivity index (χ1n) is 7.50. The largest absolute Gasteiger partial charge is 0.486 e. The summed E-state index contributed by atoms with van der Waals surface area (Å²) in [6.45, 7) is 1.23. The van der Waals surface area contributed by atoms with Crippen molar-refractivity contribution in [3.63, 3.8) is 0 Å². The van der Waals surface area contributed by atoms with Crippen LogP contribution in [0.1, 0.15) is 23.1 Å². The lowest BCUT2D eigenvalue weighted by Crippen LogP contribution is -2.42. The molecule has 2 aliphatic rings. The van der Waals surface area contributed by atoms with Gasteiger partial charge < -0.3 is 15.2 Å². The molecule has 0 saturated carbocycles. The van der Waals surface area contributed by atoms with E-state index in [9.17, 15) is 0 Å². The lowest BCUT2D eigenvalue weighted by Gasteiger charge is -2.36. The van der Waals surface area contributed by atoms with E-state index in [0.29, 0.717) is 13.2 Å². The van der Waals surface area contributed by atoms with E-state index in [1.165, 1.54) is 11.1 Å². The molecule has 1 heterocycles. The SMILES string of the molecule is NC1(c2ccc3c(c2)OCCO3)CCc2ccccc2C1. The van der Waals surface area contributed by atoms with Gasteiger partial charge in [0.1, 0.15) is 13.2 Å². The van der Waals surface area contributed by atoms with E-state index in [2.05, 4.69) is 36.4 Å². The van der Waals surface area contributed by atoms with Crippen LogP contribution in [0.15, 0.2) is 42.5 Å². The molecule has 0 radical (unpaired) electrons. The Hall–Kier alpha value is -2.00. The molecule has 21 heavy (non-hydrogen) atoms. The Balaban J connectivity index is 1.70. The molecule has 0 aromatic heterocycles. The third kappa shape index (κ3) is 2.18. The van der Waals surface area contributed by atoms with Crippen LogP contribution >= 0.6 is 0 Å². The zero-order chi connectivity index (χ0) is 14.3. The Morgan fingerprint density at radius 1 is 0.905 bits per heavy atom. The minimum atomic E-state index is -0.315. The molecule has 1 atom stereocenters. The maximum absolute atomic E-state index is 6.73. The van der Waals surface area contributed by atoms with Crippen LogP contribution in [0.3, 0.4) is 0 Å². The van der Waals surface area contributed by atoms with Gasteiger partial charge in [0.2, 0.25) is 0 Å². The average molecular weight is 281 g/mol. The fourth-order valence-corrected chi connectivity index (χ4v) is 3.36. The first-order valence-corrected chi connectivity index (χ1v) is 7.50. The summed E-state index contributed by atoms with van der Waals surface area (Å²) in [5, 5.41) is 0. The average Bonchev–Trinajstić information content (AvgIpc) is 2.54. The molecular formula is C18H19NO2. The molecule has 3 nitrogen and oxygen atoms in total. The highest BCUT2D eigenvalue weighted by molar-refractivity contribution is 5.47. The zero-order valence-corrected chi connectivity index (χ0v) is 12.0. The van der Waals surface area contributed by atoms with Crippen LogP contribution in [0.5, 0.6) is 11.5 Å². The molecule has 1 aliphatic carbocycles. The molecule has 1 aliphatic heterocycles. The maximum atomic E-state index is 6.73. The van der Waals surface area contributed by atoms with Crippen LogP contribution < -0.4 is 15.2 Å². The third-order valence-corrected chi connectivity index (χ3v) is 4.58. The van der Waals surface area contributed by atoms with Gasteiger partial charge in [-0.1, -0.05) is 30.3 Å². The Kier molecular flexibility index (Phi) is 2.89. The van der Waals surface area contributed by atoms with Crippen LogP contribution in [-0.2, 0) is 18.4 Å². The number of hydrogen-bond donors (Lipinski definition) is 1. The molecule has 2 aromatic carbocycles. The van der Waals surface area contributed by atoms with Gasteiger partial charge in [0.25, 0.3) is 0 Å². The van der Waals surface area contributed by atoms with Crippen molar-refractivity contribution in [3.8, 4) is 11.5 Å². The van der Waals surface area contributed by atoms with Crippen LogP contribution in [-0.4, -0.2) is 13.2 Å². The van der Waals surface area contributed by atoms with Crippen LogP contribution in [0.4, 0.5) is 0 Å². The monoisotopic (exact) mass is 281 g/mol. The zero-order valence-electron chi connectivity index (χ0n) is 12.0. The molecule has 0 spiro atoms. The quantitative estimate of drug-likeness (QED) is 0.874. The molecule has 1 unspecified atom stereocenters. The summed E-state index contributed by atoms with van der Waals surface area (Å²) in [5.74, 6) is 1.65. The Morgan fingerprint density at radius 2 is 1.67 bits per heavy atom. The van der Waals surface area contributed by atoms with Gasteiger partial charge in [-0.05, 0) is 48.1 Å². The predicted molar refractivity (Wildman–Crippen MR) is 81.8 cm³/mol. The van der Waals surface area contributed by atoms with Gasteiger partial charge in [0.05, 0.1) is 0 Å². The van der Waals surface area contributed by atoms with Crippen LogP contribution in [0.25, 0.3) is 0 Å². The van der Waals surface area contributed by atoms with E-state index < -0.39 is 0 Å². The Labute approximate surface area is 124 Å². The summed E-state index contributed by atoms with van der Waals surface area (Å²) >= 11 is 0. The van der Waals surface area contributed by atoms with Crippen molar-refractivity contribution in [2.24, 2.45) is 5.73 Å². The number of nitrogens with two attached hydrogens (primary N) is 1. The summed E-state index contributed by atoms with van der Waals surface area (Å²) < 4.78 is 11.3. The van der Waals surface area contributed by atoms with E-state index in [0.717, 1.165) is 36.3 Å². The molecule has 0 saturated heterocycles. The van der Waals surface area contributed by atoms with Crippen molar-refractivity contribution >= 4 is 0 Å². The highest BCUT2D eigenvalue weighted by Crippen LogP contribution is 2.39. The molecule has 0 bridgehead atoms. The van der Waals surface area contributed by atoms with Crippen molar-refractivity contribution < 1.29 is 9.47 Å². The van der Waals surface area contributed by atoms with Gasteiger partial charge in [-0.15, -0.1) is 0 Å². The second-order valence-corrected chi connectivity index (χ2v) is 5.96. The second-order valence-electron chi connectivity index (χ2n) is 5.96. The number of hydrogen-bond acceptors (Lipinski definition) is 3. The fourth-order valence-electron chi connectivity index (χ4n) is 3.36. The molecule has 2 aromatic rings. The smallest absolute Gasteiger partial charge is 0.161 e. The predicted octanol–water partition coefficient (Wildman–Crippen LogP) is 2.80. The second kappa shape index (κ2) is 4.78. The first kappa shape index (κ1) is 12.7. The van der Waals surface area contributed by atoms with Crippen LogP contribution in [0, 0.1) is 0 Å². The molecule has 0 fully saturated rings. The van der Waals surface area contributed by atoms with E-state index in [1.54, 1.807) is 0 Å². The maximum Gasteiger partial charge on any atom is 0.161 e. The van der Waals surface area contributed by atoms with Gasteiger partial charge in [-0.3, -0.25) is 0 Å². The minimum absolute atomic E-state index is 0.315. The molecule has 3 heteroatoms. The van der Waals surface area contributed by atoms with Crippen molar-refractivity contribution in [2.75, 3.05) is 13.2 Å². The number of ether oxygens (including phenoxy) is 2. The summed E-state index contributed by atoms with van der Waals surface area (Å²) in [5.41, 5.74) is 10.3. The molecule has 4 rings (SSSR count). The van der Waals surface area contributed by atoms with Crippen LogP contribution in [0.2, 0.25) is 0 Å². The van der Waals surface area contributed by atoms with Crippen molar-refractivity contribution in [2.45, 2.75) is 24.8 Å². The van der Waals surface area contributed by atoms with Crippen molar-refractivity contribution in [1.29, 1.82) is 0 Å². The van der Waals surface area contributed by atoms with Gasteiger partial charge in [-0.25, -0.2) is 0 Å². The molecule has 2 N–H and O–H groups in total. The Morgan fingerprint density at radius 3 is 2.52 bits per heavy atom. The minimum Gasteiger partial charge on any atom is -0.486 e. The van der Waals surface area contributed by atoms with Gasteiger partial charge in [0.15, 0.2) is 11.5 Å². The summed E-state index contributed by atoms with van der Waals surface area (Å²) in [4.78, 5) is 0. The highest BCUT2D eigenvalue weighted by atomic mass is 16.6. The van der Waals surface area contributed by atoms with Crippen molar-refractivity contribution in [3.05, 3.63) is 59.2 Å². The topological polar surface area (TPSA) is 44.5 Å².